The van der Waals surface area contributed by atoms with Crippen LogP contribution in [0.3, 0.4) is 0 Å². The van der Waals surface area contributed by atoms with E-state index in [0.717, 1.165) is 68.5 Å². The quantitative estimate of drug-likeness (QED) is 0.425. The lowest BCUT2D eigenvalue weighted by molar-refractivity contribution is -0.122. The van der Waals surface area contributed by atoms with Crippen LogP contribution in [0.2, 0.25) is 0 Å². The molecule has 9 heteroatoms. The van der Waals surface area contributed by atoms with E-state index in [1.165, 1.54) is 6.92 Å². The van der Waals surface area contributed by atoms with E-state index >= 15 is 0 Å². The molecule has 0 aromatic carbocycles. The van der Waals surface area contributed by atoms with Crippen molar-refractivity contribution in [2.75, 3.05) is 6.54 Å². The molecule has 2 aromatic heterocycles. The van der Waals surface area contributed by atoms with Gasteiger partial charge in [0.25, 0.3) is 0 Å². The molecule has 0 spiro atoms. The van der Waals surface area contributed by atoms with Crippen LogP contribution in [-0.2, 0) is 28.0 Å². The summed E-state index contributed by atoms with van der Waals surface area (Å²) in [5.41, 5.74) is 0.516. The van der Waals surface area contributed by atoms with E-state index in [2.05, 4.69) is 31.1 Å². The van der Waals surface area contributed by atoms with Crippen molar-refractivity contribution in [3.8, 4) is 0 Å². The Balaban J connectivity index is 1.42. The fourth-order valence-corrected chi connectivity index (χ4v) is 4.90. The second-order valence-corrected chi connectivity index (χ2v) is 9.32. The number of aromatic nitrogens is 3. The molecule has 0 saturated heterocycles. The molecule has 170 valence electrons. The van der Waals surface area contributed by atoms with Gasteiger partial charge in [-0.3, -0.25) is 9.59 Å². The third-order valence-electron chi connectivity index (χ3n) is 5.64. The van der Waals surface area contributed by atoms with Gasteiger partial charge in [-0.25, -0.2) is 4.98 Å². The molecule has 2 aromatic rings. The van der Waals surface area contributed by atoms with E-state index in [0.29, 0.717) is 31.1 Å². The first-order valence-corrected chi connectivity index (χ1v) is 12.1. The van der Waals surface area contributed by atoms with Crippen molar-refractivity contribution >= 4 is 23.2 Å². The normalized spacial score (nSPS) is 15.9. The second-order valence-electron chi connectivity index (χ2n) is 8.38. The van der Waals surface area contributed by atoms with Crippen molar-refractivity contribution in [3.05, 3.63) is 27.8 Å². The first-order valence-electron chi connectivity index (χ1n) is 11.3. The fourth-order valence-electron chi connectivity index (χ4n) is 4.08. The lowest BCUT2D eigenvalue weighted by Crippen LogP contribution is -2.45. The summed E-state index contributed by atoms with van der Waals surface area (Å²) in [4.78, 5) is 32.9. The Morgan fingerprint density at radius 3 is 2.58 bits per heavy atom. The first kappa shape index (κ1) is 23.4. The average Bonchev–Trinajstić information content (AvgIpc) is 3.31. The molecule has 8 nitrogen and oxygen atoms in total. The average molecular weight is 448 g/mol. The van der Waals surface area contributed by atoms with Gasteiger partial charge >= 0.3 is 0 Å². The van der Waals surface area contributed by atoms with Gasteiger partial charge in [-0.05, 0) is 39.0 Å². The maximum Gasteiger partial charge on any atom is 0.227 e. The summed E-state index contributed by atoms with van der Waals surface area (Å²) in [6.45, 7) is 4.18. The van der Waals surface area contributed by atoms with Crippen LogP contribution in [0, 0.1) is 6.92 Å². The molecule has 1 fully saturated rings. The van der Waals surface area contributed by atoms with E-state index in [9.17, 15) is 9.59 Å². The van der Waals surface area contributed by atoms with Gasteiger partial charge < -0.3 is 15.2 Å². The van der Waals surface area contributed by atoms with Crippen molar-refractivity contribution in [2.45, 2.75) is 90.0 Å². The molecule has 31 heavy (non-hydrogen) atoms. The maximum absolute atomic E-state index is 12.1. The molecule has 2 N–H and O–H groups in total. The zero-order chi connectivity index (χ0) is 22.1. The van der Waals surface area contributed by atoms with Crippen LogP contribution in [0.4, 0.5) is 0 Å². The maximum atomic E-state index is 12.1. The standard InChI is InChI=1S/C22H33N5O3S/c1-16-15-31-20(24-16)9-5-8-14-23-18(29)10-11-19-25-21(27-30-19)22(26-17(2)28)12-6-3-4-7-13-22/h15H,3-14H2,1-2H3,(H,23,29)(H,26,28). The third kappa shape index (κ3) is 7.12. The minimum Gasteiger partial charge on any atom is -0.356 e. The highest BCUT2D eigenvalue weighted by Crippen LogP contribution is 2.34. The predicted molar refractivity (Wildman–Crippen MR) is 119 cm³/mol. The number of carbonyl (C=O) groups excluding carboxylic acids is 2. The predicted octanol–water partition coefficient (Wildman–Crippen LogP) is 3.59. The SMILES string of the molecule is CC(=O)NC1(c2noc(CCC(=O)NCCCCc3nc(C)cs3)n2)CCCCCC1. The summed E-state index contributed by atoms with van der Waals surface area (Å²) >= 11 is 1.69. The highest BCUT2D eigenvalue weighted by atomic mass is 32.1. The number of thiazole rings is 1. The molecule has 1 aliphatic carbocycles. The van der Waals surface area contributed by atoms with Crippen LogP contribution < -0.4 is 10.6 Å². The van der Waals surface area contributed by atoms with E-state index in [1.807, 2.05) is 6.92 Å². The van der Waals surface area contributed by atoms with Crippen LogP contribution in [0.1, 0.15) is 87.1 Å². The summed E-state index contributed by atoms with van der Waals surface area (Å²) in [6.07, 6.45) is 9.55. The van der Waals surface area contributed by atoms with Gasteiger partial charge in [0.15, 0.2) is 5.82 Å². The van der Waals surface area contributed by atoms with Crippen LogP contribution in [-0.4, -0.2) is 33.5 Å². The van der Waals surface area contributed by atoms with Crippen molar-refractivity contribution in [1.29, 1.82) is 0 Å². The van der Waals surface area contributed by atoms with Crippen LogP contribution in [0.15, 0.2) is 9.90 Å². The summed E-state index contributed by atoms with van der Waals surface area (Å²) in [5, 5.41) is 13.4. The van der Waals surface area contributed by atoms with E-state index < -0.39 is 5.54 Å². The number of rotatable bonds is 10. The van der Waals surface area contributed by atoms with Gasteiger partial charge in [0.2, 0.25) is 17.7 Å². The minimum atomic E-state index is -0.553. The Morgan fingerprint density at radius 2 is 1.90 bits per heavy atom. The van der Waals surface area contributed by atoms with Gasteiger partial charge in [0.1, 0.15) is 5.54 Å². The zero-order valence-corrected chi connectivity index (χ0v) is 19.4. The highest BCUT2D eigenvalue weighted by molar-refractivity contribution is 7.09. The summed E-state index contributed by atoms with van der Waals surface area (Å²) in [5.74, 6) is 0.879. The van der Waals surface area contributed by atoms with Crippen molar-refractivity contribution < 1.29 is 14.1 Å². The van der Waals surface area contributed by atoms with Gasteiger partial charge in [-0.2, -0.15) is 4.98 Å². The number of hydrogen-bond donors (Lipinski definition) is 2. The fraction of sp³-hybridized carbons (Fsp3) is 0.682. The molecule has 0 bridgehead atoms. The zero-order valence-electron chi connectivity index (χ0n) is 18.5. The van der Waals surface area contributed by atoms with Crippen LogP contribution in [0.5, 0.6) is 0 Å². The van der Waals surface area contributed by atoms with Crippen molar-refractivity contribution in [2.24, 2.45) is 0 Å². The molecule has 2 heterocycles. The number of unbranched alkanes of at least 4 members (excludes halogenated alkanes) is 1. The first-order chi connectivity index (χ1) is 15.0. The number of amides is 2. The van der Waals surface area contributed by atoms with Gasteiger partial charge in [-0.1, -0.05) is 30.8 Å². The molecular formula is C22H33N5O3S. The Labute approximate surface area is 187 Å². The minimum absolute atomic E-state index is 0.0177. The summed E-state index contributed by atoms with van der Waals surface area (Å²) in [6, 6.07) is 0. The molecule has 2 amide bonds. The molecule has 0 aliphatic heterocycles. The number of nitrogens with one attached hydrogen (secondary N) is 2. The molecule has 1 saturated carbocycles. The van der Waals surface area contributed by atoms with Crippen molar-refractivity contribution in [3.63, 3.8) is 0 Å². The van der Waals surface area contributed by atoms with Gasteiger partial charge in [0.05, 0.1) is 5.01 Å². The highest BCUT2D eigenvalue weighted by Gasteiger charge is 2.38. The molecular weight excluding hydrogens is 414 g/mol. The lowest BCUT2D eigenvalue weighted by Gasteiger charge is -2.30. The Morgan fingerprint density at radius 1 is 1.13 bits per heavy atom. The summed E-state index contributed by atoms with van der Waals surface area (Å²) < 4.78 is 5.41. The Hall–Kier alpha value is -2.29. The third-order valence-corrected chi connectivity index (χ3v) is 6.67. The van der Waals surface area contributed by atoms with Gasteiger partial charge in [-0.15, -0.1) is 11.3 Å². The van der Waals surface area contributed by atoms with E-state index in [1.54, 1.807) is 11.3 Å². The van der Waals surface area contributed by atoms with E-state index in [-0.39, 0.29) is 11.8 Å². The van der Waals surface area contributed by atoms with Crippen LogP contribution >= 0.6 is 11.3 Å². The monoisotopic (exact) mass is 447 g/mol. The topological polar surface area (TPSA) is 110 Å². The van der Waals surface area contributed by atoms with Crippen molar-refractivity contribution in [1.82, 2.24) is 25.8 Å². The smallest absolute Gasteiger partial charge is 0.227 e. The number of carbonyl (C=O) groups is 2. The van der Waals surface area contributed by atoms with Gasteiger partial charge in [0, 0.05) is 37.4 Å². The largest absolute Gasteiger partial charge is 0.356 e. The molecule has 3 rings (SSSR count). The van der Waals surface area contributed by atoms with E-state index in [4.69, 9.17) is 4.52 Å². The molecule has 0 unspecified atom stereocenters. The second kappa shape index (κ2) is 11.4. The lowest BCUT2D eigenvalue weighted by atomic mass is 9.89. The molecule has 0 atom stereocenters. The summed E-state index contributed by atoms with van der Waals surface area (Å²) in [7, 11) is 0. The molecule has 0 radical (unpaired) electrons. The number of nitrogens with zero attached hydrogens (tertiary/aromatic N) is 3. The Kier molecular flexibility index (Phi) is 8.57. The number of hydrogen-bond acceptors (Lipinski definition) is 7. The van der Waals surface area contributed by atoms with Crippen LogP contribution in [0.25, 0.3) is 0 Å². The Bertz CT molecular complexity index is 855. The number of aryl methyl sites for hydroxylation is 3. The molecule has 1 aliphatic rings.